The minimum absolute atomic E-state index is 0.182. The maximum absolute atomic E-state index is 10.8. The molecule has 0 unspecified atom stereocenters. The zero-order chi connectivity index (χ0) is 11.5. The second-order valence-electron chi connectivity index (χ2n) is 3.35. The summed E-state index contributed by atoms with van der Waals surface area (Å²) < 4.78 is 1.78. The number of aromatic carboxylic acids is 1. The fraction of sp³-hybridized carbons (Fsp3) is 0.182. The summed E-state index contributed by atoms with van der Waals surface area (Å²) in [5.41, 5.74) is 1.82. The Labute approximate surface area is 92.4 Å². The van der Waals surface area contributed by atoms with Crippen LogP contribution in [-0.2, 0) is 6.54 Å². The summed E-state index contributed by atoms with van der Waals surface area (Å²) in [5, 5.41) is 13.0. The Hall–Kier alpha value is -2.17. The lowest BCUT2D eigenvalue weighted by Crippen LogP contribution is -1.97. The van der Waals surface area contributed by atoms with Crippen molar-refractivity contribution in [3.63, 3.8) is 0 Å². The minimum atomic E-state index is -0.975. The lowest BCUT2D eigenvalue weighted by Gasteiger charge is -1.98. The van der Waals surface area contributed by atoms with E-state index in [1.165, 1.54) is 6.20 Å². The number of hydrogen-bond acceptors (Lipinski definition) is 3. The molecule has 0 amide bonds. The normalized spacial score (nSPS) is 10.3. The highest BCUT2D eigenvalue weighted by Gasteiger charge is 2.06. The monoisotopic (exact) mass is 217 g/mol. The fourth-order valence-electron chi connectivity index (χ4n) is 1.40. The van der Waals surface area contributed by atoms with Crippen molar-refractivity contribution in [1.29, 1.82) is 0 Å². The molecule has 0 aliphatic carbocycles. The molecule has 0 aliphatic heterocycles. The van der Waals surface area contributed by atoms with Crippen molar-refractivity contribution in [2.75, 3.05) is 0 Å². The van der Waals surface area contributed by atoms with Gasteiger partial charge < -0.3 is 5.11 Å². The van der Waals surface area contributed by atoms with Crippen LogP contribution in [0.1, 0.15) is 17.3 Å². The molecule has 0 atom stereocenters. The third-order valence-corrected chi connectivity index (χ3v) is 2.28. The molecule has 0 saturated heterocycles. The third kappa shape index (κ3) is 1.93. The number of aromatic nitrogens is 3. The molecule has 5 nitrogen and oxygen atoms in total. The van der Waals surface area contributed by atoms with Crippen LogP contribution in [0.3, 0.4) is 0 Å². The highest BCUT2D eigenvalue weighted by molar-refractivity contribution is 5.88. The topological polar surface area (TPSA) is 68.0 Å². The first-order chi connectivity index (χ1) is 7.70. The second-order valence-corrected chi connectivity index (χ2v) is 3.35. The molecule has 1 N–H and O–H groups in total. The van der Waals surface area contributed by atoms with E-state index in [4.69, 9.17) is 5.11 Å². The highest BCUT2D eigenvalue weighted by Crippen LogP contribution is 2.18. The van der Waals surface area contributed by atoms with E-state index >= 15 is 0 Å². The van der Waals surface area contributed by atoms with E-state index in [-0.39, 0.29) is 5.56 Å². The van der Waals surface area contributed by atoms with Crippen LogP contribution >= 0.6 is 0 Å². The molecule has 0 aromatic carbocycles. The number of aryl methyl sites for hydroxylation is 1. The smallest absolute Gasteiger partial charge is 0.337 e. The zero-order valence-electron chi connectivity index (χ0n) is 8.79. The van der Waals surface area contributed by atoms with Gasteiger partial charge in [-0.25, -0.2) is 4.79 Å². The Morgan fingerprint density at radius 3 is 2.81 bits per heavy atom. The number of carboxylic acids is 1. The Kier molecular flexibility index (Phi) is 2.68. The van der Waals surface area contributed by atoms with Crippen molar-refractivity contribution in [3.8, 4) is 11.1 Å². The van der Waals surface area contributed by atoms with Gasteiger partial charge in [0.2, 0.25) is 0 Å². The van der Waals surface area contributed by atoms with Gasteiger partial charge in [0.25, 0.3) is 0 Å². The van der Waals surface area contributed by atoms with Gasteiger partial charge in [-0.2, -0.15) is 5.10 Å². The van der Waals surface area contributed by atoms with Crippen LogP contribution in [0.2, 0.25) is 0 Å². The predicted octanol–water partition coefficient (Wildman–Crippen LogP) is 1.66. The van der Waals surface area contributed by atoms with Crippen LogP contribution < -0.4 is 0 Å². The van der Waals surface area contributed by atoms with E-state index < -0.39 is 5.97 Å². The van der Waals surface area contributed by atoms with E-state index in [9.17, 15) is 4.79 Å². The maximum atomic E-state index is 10.8. The molecule has 2 rings (SSSR count). The summed E-state index contributed by atoms with van der Waals surface area (Å²) in [6.07, 6.45) is 6.52. The molecule has 82 valence electrons. The fourth-order valence-corrected chi connectivity index (χ4v) is 1.40. The van der Waals surface area contributed by atoms with Crippen molar-refractivity contribution in [2.45, 2.75) is 13.5 Å². The number of carboxylic acid groups (broad SMARTS) is 1. The van der Waals surface area contributed by atoms with Gasteiger partial charge in [0, 0.05) is 36.3 Å². The van der Waals surface area contributed by atoms with Crippen LogP contribution in [0.25, 0.3) is 11.1 Å². The number of carbonyl (C=O) groups is 1. The number of pyridine rings is 1. The van der Waals surface area contributed by atoms with E-state index in [0.717, 1.165) is 17.7 Å². The zero-order valence-corrected chi connectivity index (χ0v) is 8.79. The summed E-state index contributed by atoms with van der Waals surface area (Å²) in [5.74, 6) is -0.975. The third-order valence-electron chi connectivity index (χ3n) is 2.28. The van der Waals surface area contributed by atoms with Crippen molar-refractivity contribution < 1.29 is 9.90 Å². The molecule has 0 saturated carbocycles. The average Bonchev–Trinajstić information content (AvgIpc) is 2.77. The first-order valence-electron chi connectivity index (χ1n) is 4.92. The Morgan fingerprint density at radius 1 is 1.38 bits per heavy atom. The Morgan fingerprint density at radius 2 is 2.19 bits per heavy atom. The lowest BCUT2D eigenvalue weighted by atomic mass is 10.1. The molecule has 16 heavy (non-hydrogen) atoms. The molecule has 2 aromatic heterocycles. The maximum Gasteiger partial charge on any atom is 0.337 e. The summed E-state index contributed by atoms with van der Waals surface area (Å²) in [7, 11) is 0. The molecular weight excluding hydrogens is 206 g/mol. The van der Waals surface area contributed by atoms with E-state index in [0.29, 0.717) is 0 Å². The molecule has 5 heteroatoms. The van der Waals surface area contributed by atoms with E-state index in [2.05, 4.69) is 10.1 Å². The van der Waals surface area contributed by atoms with Crippen LogP contribution in [0.15, 0.2) is 30.9 Å². The van der Waals surface area contributed by atoms with Crippen molar-refractivity contribution in [1.82, 2.24) is 14.8 Å². The largest absolute Gasteiger partial charge is 0.478 e. The Balaban J connectivity index is 2.40. The van der Waals surface area contributed by atoms with E-state index in [1.807, 2.05) is 13.1 Å². The van der Waals surface area contributed by atoms with Crippen molar-refractivity contribution in [3.05, 3.63) is 36.4 Å². The summed E-state index contributed by atoms with van der Waals surface area (Å²) >= 11 is 0. The number of rotatable bonds is 3. The first kappa shape index (κ1) is 10.4. The van der Waals surface area contributed by atoms with Crippen molar-refractivity contribution >= 4 is 5.97 Å². The molecule has 0 spiro atoms. The van der Waals surface area contributed by atoms with Gasteiger partial charge in [0.15, 0.2) is 0 Å². The molecular formula is C11H11N3O2. The van der Waals surface area contributed by atoms with Crippen LogP contribution in [0.5, 0.6) is 0 Å². The Bertz CT molecular complexity index is 519. The SMILES string of the molecule is CCn1cc(-c2cncc(C(=O)O)c2)cn1. The van der Waals surface area contributed by atoms with Crippen LogP contribution in [0.4, 0.5) is 0 Å². The van der Waals surface area contributed by atoms with Gasteiger partial charge >= 0.3 is 5.97 Å². The highest BCUT2D eigenvalue weighted by atomic mass is 16.4. The predicted molar refractivity (Wildman–Crippen MR) is 58.1 cm³/mol. The van der Waals surface area contributed by atoms with Gasteiger partial charge in [-0.3, -0.25) is 9.67 Å². The van der Waals surface area contributed by atoms with Gasteiger partial charge in [-0.05, 0) is 13.0 Å². The number of nitrogens with zero attached hydrogens (tertiary/aromatic N) is 3. The summed E-state index contributed by atoms with van der Waals surface area (Å²) in [6.45, 7) is 2.77. The van der Waals surface area contributed by atoms with E-state index in [1.54, 1.807) is 23.1 Å². The summed E-state index contributed by atoms with van der Waals surface area (Å²) in [4.78, 5) is 14.7. The van der Waals surface area contributed by atoms with Crippen molar-refractivity contribution in [2.24, 2.45) is 0 Å². The second kappa shape index (κ2) is 4.14. The minimum Gasteiger partial charge on any atom is -0.478 e. The van der Waals surface area contributed by atoms with Gasteiger partial charge in [0.1, 0.15) is 0 Å². The average molecular weight is 217 g/mol. The standard InChI is InChI=1S/C11H11N3O2/c1-2-14-7-10(6-13-14)8-3-9(11(15)16)5-12-4-8/h3-7H,2H2,1H3,(H,15,16). The molecule has 2 aromatic rings. The molecule has 0 aliphatic rings. The number of hydrogen-bond donors (Lipinski definition) is 1. The van der Waals surface area contributed by atoms with Crippen LogP contribution in [0, 0.1) is 0 Å². The van der Waals surface area contributed by atoms with Crippen LogP contribution in [-0.4, -0.2) is 25.8 Å². The van der Waals surface area contributed by atoms with Gasteiger partial charge in [-0.15, -0.1) is 0 Å². The van der Waals surface area contributed by atoms with Gasteiger partial charge in [-0.1, -0.05) is 0 Å². The molecule has 2 heterocycles. The molecule has 0 bridgehead atoms. The van der Waals surface area contributed by atoms with Gasteiger partial charge in [0.05, 0.1) is 11.8 Å². The summed E-state index contributed by atoms with van der Waals surface area (Å²) in [6, 6.07) is 1.59. The molecule has 0 fully saturated rings. The lowest BCUT2D eigenvalue weighted by molar-refractivity contribution is 0.0696. The quantitative estimate of drug-likeness (QED) is 0.849. The molecule has 0 radical (unpaired) electrons. The first-order valence-corrected chi connectivity index (χ1v) is 4.92.